The highest BCUT2D eigenvalue weighted by atomic mass is 32.2. The topological polar surface area (TPSA) is 95.4 Å². The van der Waals surface area contributed by atoms with Gasteiger partial charge in [-0.2, -0.15) is 0 Å². The fraction of sp³-hybridized carbons (Fsp3) is 0.500. The van der Waals surface area contributed by atoms with Gasteiger partial charge in [0.2, 0.25) is 15.0 Å². The van der Waals surface area contributed by atoms with Crippen LogP contribution >= 0.6 is 0 Å². The molecule has 0 radical (unpaired) electrons. The van der Waals surface area contributed by atoms with Crippen molar-refractivity contribution in [2.75, 3.05) is 7.11 Å². The fourth-order valence-corrected chi connectivity index (χ4v) is 2.25. The molecular weight excluding hydrogens is 204 g/mol. The first kappa shape index (κ1) is 11.2. The SMILES string of the molecule is COC1(S(N)(=O)=O)C=CC(N)=C(C)C1. The standard InChI is InChI=1S/C8H14N2O3S/c1-6-5-8(13-2,14(10,11)12)4-3-7(6)9/h3-4H,5,9H2,1-2H3,(H2,10,11,12). The predicted octanol–water partition coefficient (Wildman–Crippen LogP) is -0.190. The Hall–Kier alpha value is -0.850. The molecule has 1 aliphatic rings. The quantitative estimate of drug-likeness (QED) is 0.671. The van der Waals surface area contributed by atoms with Gasteiger partial charge < -0.3 is 10.5 Å². The third-order valence-electron chi connectivity index (χ3n) is 2.35. The number of sulfonamides is 1. The Balaban J connectivity index is 3.18. The molecule has 1 atom stereocenters. The minimum Gasteiger partial charge on any atom is -0.399 e. The van der Waals surface area contributed by atoms with Crippen LogP contribution in [0.3, 0.4) is 0 Å². The summed E-state index contributed by atoms with van der Waals surface area (Å²) in [6, 6.07) is 0. The van der Waals surface area contributed by atoms with Gasteiger partial charge in [0.05, 0.1) is 0 Å². The van der Waals surface area contributed by atoms with Crippen LogP contribution in [0.4, 0.5) is 0 Å². The van der Waals surface area contributed by atoms with E-state index in [-0.39, 0.29) is 6.42 Å². The van der Waals surface area contributed by atoms with E-state index in [1.165, 1.54) is 19.3 Å². The Morgan fingerprint density at radius 2 is 2.14 bits per heavy atom. The number of methoxy groups -OCH3 is 1. The van der Waals surface area contributed by atoms with Crippen LogP contribution in [-0.2, 0) is 14.8 Å². The van der Waals surface area contributed by atoms with Gasteiger partial charge in [0.1, 0.15) is 0 Å². The molecule has 0 fully saturated rings. The molecule has 0 aromatic carbocycles. The van der Waals surface area contributed by atoms with E-state index in [4.69, 9.17) is 15.6 Å². The minimum absolute atomic E-state index is 0.171. The Kier molecular flexibility index (Phi) is 2.71. The lowest BCUT2D eigenvalue weighted by atomic mass is 10.0. The number of primary sulfonamides is 1. The normalized spacial score (nSPS) is 28.2. The first-order valence-electron chi connectivity index (χ1n) is 4.04. The molecule has 1 unspecified atom stereocenters. The number of allylic oxidation sites excluding steroid dienone is 1. The number of hydrogen-bond acceptors (Lipinski definition) is 4. The largest absolute Gasteiger partial charge is 0.399 e. The second-order valence-electron chi connectivity index (χ2n) is 3.31. The van der Waals surface area contributed by atoms with Gasteiger partial charge in [0.25, 0.3) is 0 Å². The highest BCUT2D eigenvalue weighted by Crippen LogP contribution is 2.31. The summed E-state index contributed by atoms with van der Waals surface area (Å²) < 4.78 is 27.6. The molecule has 1 aliphatic carbocycles. The van der Waals surface area contributed by atoms with Crippen molar-refractivity contribution >= 4 is 10.0 Å². The first-order valence-corrected chi connectivity index (χ1v) is 5.59. The molecule has 0 aromatic rings. The van der Waals surface area contributed by atoms with Crippen LogP contribution in [0.25, 0.3) is 0 Å². The van der Waals surface area contributed by atoms with Crippen molar-refractivity contribution in [3.8, 4) is 0 Å². The van der Waals surface area contributed by atoms with Crippen LogP contribution in [-0.4, -0.2) is 20.5 Å². The van der Waals surface area contributed by atoms with Crippen LogP contribution in [0.1, 0.15) is 13.3 Å². The van der Waals surface area contributed by atoms with Crippen LogP contribution in [0, 0.1) is 0 Å². The molecule has 1 rings (SSSR count). The van der Waals surface area contributed by atoms with Crippen molar-refractivity contribution < 1.29 is 13.2 Å². The Morgan fingerprint density at radius 1 is 1.57 bits per heavy atom. The zero-order chi connectivity index (χ0) is 11.0. The van der Waals surface area contributed by atoms with Crippen molar-refractivity contribution in [2.45, 2.75) is 18.3 Å². The highest BCUT2D eigenvalue weighted by molar-refractivity contribution is 7.90. The van der Waals surface area contributed by atoms with E-state index >= 15 is 0 Å². The average Bonchev–Trinajstić information content (AvgIpc) is 2.08. The molecule has 0 amide bonds. The molecule has 0 bridgehead atoms. The number of hydrogen-bond donors (Lipinski definition) is 2. The van der Waals surface area contributed by atoms with Gasteiger partial charge in [-0.25, -0.2) is 13.6 Å². The summed E-state index contributed by atoms with van der Waals surface area (Å²) in [5.74, 6) is 0. The lowest BCUT2D eigenvalue weighted by molar-refractivity contribution is 0.1000. The van der Waals surface area contributed by atoms with Gasteiger partial charge in [-0.15, -0.1) is 0 Å². The lowest BCUT2D eigenvalue weighted by Crippen LogP contribution is -2.45. The summed E-state index contributed by atoms with van der Waals surface area (Å²) >= 11 is 0. The first-order chi connectivity index (χ1) is 6.32. The van der Waals surface area contributed by atoms with E-state index in [1.54, 1.807) is 6.92 Å². The van der Waals surface area contributed by atoms with Crippen molar-refractivity contribution in [3.63, 3.8) is 0 Å². The van der Waals surface area contributed by atoms with Crippen molar-refractivity contribution in [1.29, 1.82) is 0 Å². The van der Waals surface area contributed by atoms with Gasteiger partial charge in [-0.1, -0.05) is 0 Å². The molecular formula is C8H14N2O3S. The lowest BCUT2D eigenvalue weighted by Gasteiger charge is -2.30. The zero-order valence-corrected chi connectivity index (χ0v) is 8.97. The third-order valence-corrected chi connectivity index (χ3v) is 3.76. The maximum absolute atomic E-state index is 11.3. The minimum atomic E-state index is -3.79. The fourth-order valence-electron chi connectivity index (χ4n) is 1.34. The molecule has 0 aliphatic heterocycles. The summed E-state index contributed by atoms with van der Waals surface area (Å²) in [5.41, 5.74) is 6.91. The van der Waals surface area contributed by atoms with Crippen LogP contribution in [0.5, 0.6) is 0 Å². The van der Waals surface area contributed by atoms with Gasteiger partial charge in [0.15, 0.2) is 0 Å². The molecule has 0 heterocycles. The second kappa shape index (κ2) is 3.38. The molecule has 0 saturated carbocycles. The van der Waals surface area contributed by atoms with E-state index in [9.17, 15) is 8.42 Å². The molecule has 0 aromatic heterocycles. The van der Waals surface area contributed by atoms with E-state index in [0.717, 1.165) is 5.57 Å². The van der Waals surface area contributed by atoms with Gasteiger partial charge >= 0.3 is 0 Å². The number of rotatable bonds is 2. The smallest absolute Gasteiger partial charge is 0.243 e. The monoisotopic (exact) mass is 218 g/mol. The van der Waals surface area contributed by atoms with Crippen molar-refractivity contribution in [3.05, 3.63) is 23.4 Å². The summed E-state index contributed by atoms with van der Waals surface area (Å²) in [7, 11) is -2.48. The molecule has 14 heavy (non-hydrogen) atoms. The predicted molar refractivity (Wildman–Crippen MR) is 53.5 cm³/mol. The molecule has 5 nitrogen and oxygen atoms in total. The average molecular weight is 218 g/mol. The van der Waals surface area contributed by atoms with Crippen LogP contribution in [0.15, 0.2) is 23.4 Å². The van der Waals surface area contributed by atoms with Crippen molar-refractivity contribution in [2.24, 2.45) is 10.9 Å². The molecule has 0 spiro atoms. The summed E-state index contributed by atoms with van der Waals surface area (Å²) in [6.07, 6.45) is 3.06. The van der Waals surface area contributed by atoms with Gasteiger partial charge in [0, 0.05) is 19.2 Å². The van der Waals surface area contributed by atoms with E-state index < -0.39 is 15.0 Å². The number of ether oxygens (including phenoxy) is 1. The number of nitrogens with two attached hydrogens (primary N) is 2. The molecule has 80 valence electrons. The Labute approximate surface area is 83.5 Å². The highest BCUT2D eigenvalue weighted by Gasteiger charge is 2.41. The van der Waals surface area contributed by atoms with Crippen LogP contribution in [0.2, 0.25) is 0 Å². The maximum Gasteiger partial charge on any atom is 0.243 e. The third kappa shape index (κ3) is 1.68. The van der Waals surface area contributed by atoms with Crippen molar-refractivity contribution in [1.82, 2.24) is 0 Å². The Morgan fingerprint density at radius 3 is 2.50 bits per heavy atom. The zero-order valence-electron chi connectivity index (χ0n) is 8.15. The van der Waals surface area contributed by atoms with Gasteiger partial charge in [-0.05, 0) is 24.6 Å². The van der Waals surface area contributed by atoms with Gasteiger partial charge in [-0.3, -0.25) is 0 Å². The molecule has 6 heteroatoms. The second-order valence-corrected chi connectivity index (χ2v) is 5.09. The van der Waals surface area contributed by atoms with Crippen LogP contribution < -0.4 is 10.9 Å². The molecule has 4 N–H and O–H groups in total. The van der Waals surface area contributed by atoms with E-state index in [0.29, 0.717) is 5.70 Å². The van der Waals surface area contributed by atoms with E-state index in [2.05, 4.69) is 0 Å². The molecule has 0 saturated heterocycles. The summed E-state index contributed by atoms with van der Waals surface area (Å²) in [4.78, 5) is -1.46. The summed E-state index contributed by atoms with van der Waals surface area (Å²) in [5, 5.41) is 5.10. The Bertz CT molecular complexity index is 397. The maximum atomic E-state index is 11.3. The van der Waals surface area contributed by atoms with E-state index in [1.807, 2.05) is 0 Å². The summed E-state index contributed by atoms with van der Waals surface area (Å²) in [6.45, 7) is 1.75.